The first kappa shape index (κ1) is 21.2. The van der Waals surface area contributed by atoms with Gasteiger partial charge in [-0.05, 0) is 61.6 Å². The second-order valence-corrected chi connectivity index (χ2v) is 7.63. The Morgan fingerprint density at radius 1 is 1.03 bits per heavy atom. The van der Waals surface area contributed by atoms with Gasteiger partial charge in [-0.1, -0.05) is 24.3 Å². The number of pyridine rings is 1. The number of H-pyrrole nitrogens is 1. The van der Waals surface area contributed by atoms with Crippen molar-refractivity contribution >= 4 is 28.4 Å². The highest BCUT2D eigenvalue weighted by Gasteiger charge is 2.08. The quantitative estimate of drug-likeness (QED) is 0.418. The Morgan fingerprint density at radius 2 is 1.84 bits per heavy atom. The standard InChI is InChI=1S/C24H24N6O2/c1-30(2)14-13-26-23(31)17-10-8-16(9-11-17)18-5-3-6-19(15-18)27-22-20-7-4-12-25-21(20)28-24(32)29-22/h3-12,15H,13-14H2,1-2H3,(H,26,31)(H2,25,27,28,29,32). The molecule has 0 atom stereocenters. The lowest BCUT2D eigenvalue weighted by atomic mass is 10.0. The monoisotopic (exact) mass is 428 g/mol. The number of amides is 1. The predicted octanol–water partition coefficient (Wildman–Crippen LogP) is 3.02. The molecule has 4 aromatic rings. The van der Waals surface area contributed by atoms with Crippen LogP contribution < -0.4 is 16.3 Å². The van der Waals surface area contributed by atoms with E-state index in [-0.39, 0.29) is 5.91 Å². The molecule has 4 rings (SSSR count). The lowest BCUT2D eigenvalue weighted by molar-refractivity contribution is 0.0951. The first-order valence-corrected chi connectivity index (χ1v) is 10.2. The molecule has 0 unspecified atom stereocenters. The van der Waals surface area contributed by atoms with Gasteiger partial charge in [-0.15, -0.1) is 0 Å². The van der Waals surface area contributed by atoms with E-state index in [2.05, 4.69) is 25.6 Å². The molecule has 2 aromatic carbocycles. The Balaban J connectivity index is 1.53. The van der Waals surface area contributed by atoms with Gasteiger partial charge in [-0.2, -0.15) is 4.98 Å². The number of hydrogen-bond acceptors (Lipinski definition) is 6. The number of hydrogen-bond donors (Lipinski definition) is 3. The molecule has 2 aromatic heterocycles. The van der Waals surface area contributed by atoms with Crippen LogP contribution in [0.15, 0.2) is 71.7 Å². The number of aromatic amines is 1. The second kappa shape index (κ2) is 9.40. The van der Waals surface area contributed by atoms with E-state index in [1.165, 1.54) is 0 Å². The van der Waals surface area contributed by atoms with Crippen LogP contribution in [0.3, 0.4) is 0 Å². The van der Waals surface area contributed by atoms with Crippen molar-refractivity contribution in [2.45, 2.75) is 0 Å². The van der Waals surface area contributed by atoms with E-state index in [4.69, 9.17) is 0 Å². The number of benzene rings is 2. The topological polar surface area (TPSA) is 103 Å². The molecule has 0 saturated heterocycles. The molecule has 2 heterocycles. The van der Waals surface area contributed by atoms with Crippen molar-refractivity contribution in [3.05, 3.63) is 82.9 Å². The number of nitrogens with one attached hydrogen (secondary N) is 3. The number of nitrogens with zero attached hydrogens (tertiary/aromatic N) is 3. The van der Waals surface area contributed by atoms with E-state index in [9.17, 15) is 9.59 Å². The Bertz CT molecular complexity index is 1300. The minimum Gasteiger partial charge on any atom is -0.351 e. The van der Waals surface area contributed by atoms with Gasteiger partial charge in [0.25, 0.3) is 5.91 Å². The van der Waals surface area contributed by atoms with E-state index in [1.807, 2.05) is 73.6 Å². The smallest absolute Gasteiger partial charge is 0.348 e. The summed E-state index contributed by atoms with van der Waals surface area (Å²) in [4.78, 5) is 37.0. The lowest BCUT2D eigenvalue weighted by Crippen LogP contribution is -2.31. The van der Waals surface area contributed by atoms with Gasteiger partial charge in [0.05, 0.1) is 5.39 Å². The van der Waals surface area contributed by atoms with Crippen molar-refractivity contribution in [1.82, 2.24) is 25.2 Å². The maximum Gasteiger partial charge on any atom is 0.348 e. The van der Waals surface area contributed by atoms with Gasteiger partial charge in [0, 0.05) is 30.5 Å². The fourth-order valence-corrected chi connectivity index (χ4v) is 3.31. The normalized spacial score (nSPS) is 11.0. The molecule has 0 fully saturated rings. The predicted molar refractivity (Wildman–Crippen MR) is 126 cm³/mol. The van der Waals surface area contributed by atoms with Crippen molar-refractivity contribution < 1.29 is 4.79 Å². The van der Waals surface area contributed by atoms with E-state index in [0.717, 1.165) is 28.7 Å². The summed E-state index contributed by atoms with van der Waals surface area (Å²) in [5.41, 5.74) is 3.31. The maximum atomic E-state index is 12.3. The molecule has 0 spiro atoms. The van der Waals surface area contributed by atoms with E-state index >= 15 is 0 Å². The summed E-state index contributed by atoms with van der Waals surface area (Å²) in [7, 11) is 3.94. The third-order valence-electron chi connectivity index (χ3n) is 4.95. The minimum atomic E-state index is -0.464. The van der Waals surface area contributed by atoms with Gasteiger partial charge in [0.1, 0.15) is 5.82 Å². The summed E-state index contributed by atoms with van der Waals surface area (Å²) in [5, 5.41) is 6.90. The van der Waals surface area contributed by atoms with E-state index < -0.39 is 5.69 Å². The highest BCUT2D eigenvalue weighted by molar-refractivity contribution is 5.94. The Labute approximate surface area is 185 Å². The number of likely N-dealkylation sites (N-methyl/N-ethyl adjacent to an activating group) is 1. The third kappa shape index (κ3) is 4.98. The van der Waals surface area contributed by atoms with Gasteiger partial charge in [0.2, 0.25) is 0 Å². The lowest BCUT2D eigenvalue weighted by Gasteiger charge is -2.11. The number of rotatable bonds is 7. The molecular weight excluding hydrogens is 404 g/mol. The molecule has 32 heavy (non-hydrogen) atoms. The molecule has 0 saturated carbocycles. The van der Waals surface area contributed by atoms with Gasteiger partial charge < -0.3 is 15.5 Å². The number of anilines is 2. The van der Waals surface area contributed by atoms with Crippen molar-refractivity contribution in [1.29, 1.82) is 0 Å². The van der Waals surface area contributed by atoms with E-state index in [0.29, 0.717) is 23.6 Å². The Hall–Kier alpha value is -4.04. The van der Waals surface area contributed by atoms with Gasteiger partial charge >= 0.3 is 5.69 Å². The fourth-order valence-electron chi connectivity index (χ4n) is 3.31. The molecule has 0 aliphatic heterocycles. The summed E-state index contributed by atoms with van der Waals surface area (Å²) in [6, 6.07) is 18.9. The molecule has 1 amide bonds. The van der Waals surface area contributed by atoms with Gasteiger partial charge in [0.15, 0.2) is 5.65 Å². The van der Waals surface area contributed by atoms with Crippen LogP contribution in [-0.2, 0) is 0 Å². The SMILES string of the molecule is CN(C)CCNC(=O)c1ccc(-c2cccc(Nc3[nH]c(=O)nc4ncccc34)c2)cc1. The summed E-state index contributed by atoms with van der Waals surface area (Å²) in [6.07, 6.45) is 1.60. The Kier molecular flexibility index (Phi) is 6.23. The van der Waals surface area contributed by atoms with Crippen LogP contribution in [0.2, 0.25) is 0 Å². The molecule has 0 bridgehead atoms. The van der Waals surface area contributed by atoms with Crippen molar-refractivity contribution in [3.63, 3.8) is 0 Å². The van der Waals surface area contributed by atoms with Crippen LogP contribution in [0.4, 0.5) is 11.5 Å². The van der Waals surface area contributed by atoms with E-state index in [1.54, 1.807) is 12.3 Å². The second-order valence-electron chi connectivity index (χ2n) is 7.63. The van der Waals surface area contributed by atoms with Crippen molar-refractivity contribution in [2.24, 2.45) is 0 Å². The molecular formula is C24H24N6O2. The zero-order valence-electron chi connectivity index (χ0n) is 17.9. The van der Waals surface area contributed by atoms with Crippen LogP contribution in [0.5, 0.6) is 0 Å². The molecule has 8 nitrogen and oxygen atoms in total. The van der Waals surface area contributed by atoms with Crippen LogP contribution in [0, 0.1) is 0 Å². The highest BCUT2D eigenvalue weighted by Crippen LogP contribution is 2.26. The summed E-state index contributed by atoms with van der Waals surface area (Å²) in [6.45, 7) is 1.39. The molecule has 3 N–H and O–H groups in total. The molecule has 8 heteroatoms. The largest absolute Gasteiger partial charge is 0.351 e. The van der Waals surface area contributed by atoms with Gasteiger partial charge in [-0.25, -0.2) is 9.78 Å². The third-order valence-corrected chi connectivity index (χ3v) is 4.95. The zero-order valence-corrected chi connectivity index (χ0v) is 17.9. The summed E-state index contributed by atoms with van der Waals surface area (Å²) >= 11 is 0. The maximum absolute atomic E-state index is 12.3. The first-order chi connectivity index (χ1) is 15.5. The minimum absolute atomic E-state index is 0.0871. The number of carbonyl (C=O) groups excluding carboxylic acids is 1. The summed E-state index contributed by atoms with van der Waals surface area (Å²) < 4.78 is 0. The van der Waals surface area contributed by atoms with Gasteiger partial charge in [-0.3, -0.25) is 9.78 Å². The van der Waals surface area contributed by atoms with Crippen LogP contribution in [0.1, 0.15) is 10.4 Å². The molecule has 162 valence electrons. The van der Waals surface area contributed by atoms with Crippen molar-refractivity contribution in [3.8, 4) is 11.1 Å². The van der Waals surface area contributed by atoms with Crippen molar-refractivity contribution in [2.75, 3.05) is 32.5 Å². The van der Waals surface area contributed by atoms with Crippen LogP contribution in [-0.4, -0.2) is 52.9 Å². The molecule has 0 radical (unpaired) electrons. The summed E-state index contributed by atoms with van der Waals surface area (Å²) in [5.74, 6) is 0.450. The number of aromatic nitrogens is 3. The molecule has 0 aliphatic rings. The fraction of sp³-hybridized carbons (Fsp3) is 0.167. The van der Waals surface area contributed by atoms with Crippen LogP contribution in [0.25, 0.3) is 22.2 Å². The molecule has 0 aliphatic carbocycles. The first-order valence-electron chi connectivity index (χ1n) is 10.2. The number of fused-ring (bicyclic) bond motifs is 1. The average molecular weight is 428 g/mol. The van der Waals surface area contributed by atoms with Crippen LogP contribution >= 0.6 is 0 Å². The zero-order chi connectivity index (χ0) is 22.5. The highest BCUT2D eigenvalue weighted by atomic mass is 16.1. The number of carbonyl (C=O) groups is 1. The average Bonchev–Trinajstić information content (AvgIpc) is 2.79. The Morgan fingerprint density at radius 3 is 2.62 bits per heavy atom.